The Morgan fingerprint density at radius 1 is 1.12 bits per heavy atom. The van der Waals surface area contributed by atoms with Crippen molar-refractivity contribution in [2.75, 3.05) is 0 Å². The molecule has 0 aliphatic carbocycles. The van der Waals surface area contributed by atoms with Crippen molar-refractivity contribution in [1.82, 2.24) is 20.2 Å². The van der Waals surface area contributed by atoms with E-state index in [9.17, 15) is 0 Å². The number of hydrogen-bond acceptors (Lipinski definition) is 4. The topological polar surface area (TPSA) is 67.4 Å². The van der Waals surface area contributed by atoms with Crippen LogP contribution in [0.15, 0.2) is 60.3 Å². The van der Waals surface area contributed by atoms with Gasteiger partial charge in [-0.05, 0) is 59.5 Å². The van der Waals surface area contributed by atoms with Crippen molar-refractivity contribution in [2.24, 2.45) is 0 Å². The number of tetrazole rings is 1. The third-order valence-corrected chi connectivity index (χ3v) is 3.96. The largest absolute Gasteiger partial charge is 0.192 e. The normalized spacial score (nSPS) is 10.0. The van der Waals surface area contributed by atoms with Gasteiger partial charge in [-0.25, -0.2) is 0 Å². The van der Waals surface area contributed by atoms with Gasteiger partial charge < -0.3 is 0 Å². The van der Waals surface area contributed by atoms with Crippen molar-refractivity contribution in [2.45, 2.75) is 26.3 Å². The number of benzene rings is 2. The summed E-state index contributed by atoms with van der Waals surface area (Å²) in [6.45, 7) is 2.75. The van der Waals surface area contributed by atoms with E-state index in [1.807, 2.05) is 36.4 Å². The van der Waals surface area contributed by atoms with Crippen molar-refractivity contribution in [3.63, 3.8) is 0 Å². The molecule has 5 nitrogen and oxygen atoms in total. The Hall–Kier alpha value is -3.48. The monoisotopic (exact) mass is 341 g/mol. The van der Waals surface area contributed by atoms with Gasteiger partial charge in [0.2, 0.25) is 0 Å². The highest BCUT2D eigenvalue weighted by molar-refractivity contribution is 5.52. The molecule has 26 heavy (non-hydrogen) atoms. The van der Waals surface area contributed by atoms with Crippen molar-refractivity contribution >= 4 is 6.08 Å². The predicted octanol–water partition coefficient (Wildman–Crippen LogP) is 3.70. The Bertz CT molecular complexity index is 970. The van der Waals surface area contributed by atoms with Crippen molar-refractivity contribution in [3.8, 4) is 6.07 Å². The summed E-state index contributed by atoms with van der Waals surface area (Å²) < 4.78 is 0. The van der Waals surface area contributed by atoms with Crippen LogP contribution in [0.2, 0.25) is 0 Å². The molecule has 0 spiro atoms. The van der Waals surface area contributed by atoms with Gasteiger partial charge in [-0.2, -0.15) is 10.1 Å². The average molecular weight is 341 g/mol. The van der Waals surface area contributed by atoms with E-state index in [2.05, 4.69) is 46.3 Å². The standard InChI is InChI=1S/C21H19N5/c1-17-7-4-5-9-20(17)8-3-2-6-14-26-24-21(23-25-26)15-18-10-12-19(16-22)13-11-18/h2,4-5,7-13H,6,14-15H2,1H3. The highest BCUT2D eigenvalue weighted by atomic mass is 15.6. The molecule has 1 aromatic heterocycles. The lowest BCUT2D eigenvalue weighted by molar-refractivity contribution is 0.527. The predicted molar refractivity (Wildman–Crippen MR) is 100 cm³/mol. The van der Waals surface area contributed by atoms with Gasteiger partial charge in [0.15, 0.2) is 5.82 Å². The lowest BCUT2D eigenvalue weighted by atomic mass is 10.1. The number of allylic oxidation sites excluding steroid dienone is 1. The summed E-state index contributed by atoms with van der Waals surface area (Å²) >= 11 is 0. The summed E-state index contributed by atoms with van der Waals surface area (Å²) in [5, 5.41) is 21.4. The van der Waals surface area contributed by atoms with Gasteiger partial charge in [0.25, 0.3) is 0 Å². The molecule has 0 N–H and O–H groups in total. The van der Waals surface area contributed by atoms with E-state index < -0.39 is 0 Å². The minimum absolute atomic E-state index is 0.606. The molecule has 0 amide bonds. The van der Waals surface area contributed by atoms with Crippen molar-refractivity contribution < 1.29 is 0 Å². The van der Waals surface area contributed by atoms with Gasteiger partial charge in [0.05, 0.1) is 18.2 Å². The molecule has 0 saturated carbocycles. The Morgan fingerprint density at radius 3 is 2.69 bits per heavy atom. The van der Waals surface area contributed by atoms with E-state index in [0.29, 0.717) is 24.4 Å². The maximum atomic E-state index is 8.82. The van der Waals surface area contributed by atoms with E-state index >= 15 is 0 Å². The summed E-state index contributed by atoms with van der Waals surface area (Å²) in [5.74, 6) is 0.675. The lowest BCUT2D eigenvalue weighted by Gasteiger charge is -1.97. The van der Waals surface area contributed by atoms with Crippen LogP contribution in [-0.2, 0) is 13.0 Å². The van der Waals surface area contributed by atoms with Crippen LogP contribution in [0, 0.1) is 18.3 Å². The molecule has 0 bridgehead atoms. The van der Waals surface area contributed by atoms with Gasteiger partial charge in [-0.3, -0.25) is 0 Å². The molecule has 0 aliphatic rings. The second-order valence-corrected chi connectivity index (χ2v) is 5.95. The first-order chi connectivity index (χ1) is 12.7. The number of aryl methyl sites for hydroxylation is 2. The minimum Gasteiger partial charge on any atom is -0.192 e. The first-order valence-corrected chi connectivity index (χ1v) is 8.47. The lowest BCUT2D eigenvalue weighted by Crippen LogP contribution is -2.02. The Morgan fingerprint density at radius 2 is 1.92 bits per heavy atom. The molecule has 0 radical (unpaired) electrons. The van der Waals surface area contributed by atoms with Crippen molar-refractivity contribution in [3.05, 3.63) is 88.4 Å². The highest BCUT2D eigenvalue weighted by Gasteiger charge is 2.04. The zero-order chi connectivity index (χ0) is 18.2. The number of aromatic nitrogens is 4. The fourth-order valence-electron chi connectivity index (χ4n) is 2.48. The van der Waals surface area contributed by atoms with Crippen LogP contribution in [0.25, 0.3) is 6.08 Å². The summed E-state index contributed by atoms with van der Waals surface area (Å²) in [6.07, 6.45) is 5.36. The molecule has 0 saturated heterocycles. The molecule has 0 atom stereocenters. The van der Waals surface area contributed by atoms with Crippen LogP contribution in [0.3, 0.4) is 0 Å². The molecule has 0 unspecified atom stereocenters. The molecular formula is C21H19N5. The summed E-state index contributed by atoms with van der Waals surface area (Å²) in [5.41, 5.74) is 7.32. The van der Waals surface area contributed by atoms with Gasteiger partial charge in [-0.15, -0.1) is 15.9 Å². The van der Waals surface area contributed by atoms with Gasteiger partial charge in [-0.1, -0.05) is 36.4 Å². The first kappa shape index (κ1) is 17.3. The fourth-order valence-corrected chi connectivity index (χ4v) is 2.48. The Balaban J connectivity index is 1.53. The van der Waals surface area contributed by atoms with Crippen molar-refractivity contribution in [1.29, 1.82) is 5.26 Å². The molecule has 3 rings (SSSR count). The van der Waals surface area contributed by atoms with E-state index in [4.69, 9.17) is 5.26 Å². The third-order valence-electron chi connectivity index (χ3n) is 3.96. The quantitative estimate of drug-likeness (QED) is 0.641. The highest BCUT2D eigenvalue weighted by Crippen LogP contribution is 2.08. The maximum Gasteiger partial charge on any atom is 0.179 e. The molecule has 2 aromatic carbocycles. The van der Waals surface area contributed by atoms with Gasteiger partial charge in [0, 0.05) is 6.42 Å². The van der Waals surface area contributed by atoms with Gasteiger partial charge >= 0.3 is 0 Å². The van der Waals surface area contributed by atoms with Crippen LogP contribution in [0.1, 0.15) is 34.5 Å². The summed E-state index contributed by atoms with van der Waals surface area (Å²) in [4.78, 5) is 1.60. The molecule has 1 heterocycles. The maximum absolute atomic E-state index is 8.82. The van der Waals surface area contributed by atoms with Crippen LogP contribution in [0.4, 0.5) is 0 Å². The minimum atomic E-state index is 0.606. The molecule has 0 fully saturated rings. The summed E-state index contributed by atoms with van der Waals surface area (Å²) in [7, 11) is 0. The SMILES string of the molecule is Cc1ccccc1C=C=CCCn1nnc(Cc2ccc(C#N)cc2)n1. The van der Waals surface area contributed by atoms with Gasteiger partial charge in [0.1, 0.15) is 0 Å². The van der Waals surface area contributed by atoms with Crippen LogP contribution >= 0.6 is 0 Å². The fraction of sp³-hybridized carbons (Fsp3) is 0.190. The van der Waals surface area contributed by atoms with E-state index in [1.54, 1.807) is 16.9 Å². The van der Waals surface area contributed by atoms with E-state index in [-0.39, 0.29) is 0 Å². The van der Waals surface area contributed by atoms with Crippen LogP contribution in [-0.4, -0.2) is 20.2 Å². The second-order valence-electron chi connectivity index (χ2n) is 5.95. The number of hydrogen-bond donors (Lipinski definition) is 0. The molecule has 0 aliphatic heterocycles. The average Bonchev–Trinajstić information content (AvgIpc) is 3.11. The van der Waals surface area contributed by atoms with E-state index in [1.165, 1.54) is 11.1 Å². The zero-order valence-corrected chi connectivity index (χ0v) is 14.6. The smallest absolute Gasteiger partial charge is 0.179 e. The second kappa shape index (κ2) is 8.57. The summed E-state index contributed by atoms with van der Waals surface area (Å²) in [6, 6.07) is 17.7. The van der Waals surface area contributed by atoms with Crippen LogP contribution < -0.4 is 0 Å². The van der Waals surface area contributed by atoms with E-state index in [0.717, 1.165) is 12.0 Å². The molecule has 3 aromatic rings. The zero-order valence-electron chi connectivity index (χ0n) is 14.6. The number of rotatable bonds is 6. The number of nitrogens with zero attached hydrogens (tertiary/aromatic N) is 5. The Labute approximate surface area is 152 Å². The molecular weight excluding hydrogens is 322 g/mol. The molecule has 128 valence electrons. The number of nitriles is 1. The first-order valence-electron chi connectivity index (χ1n) is 8.47. The molecule has 5 heteroatoms. The van der Waals surface area contributed by atoms with Crippen LogP contribution in [0.5, 0.6) is 0 Å². The Kier molecular flexibility index (Phi) is 5.72. The third kappa shape index (κ3) is 4.76.